The van der Waals surface area contributed by atoms with E-state index in [-0.39, 0.29) is 18.1 Å². The van der Waals surface area contributed by atoms with Gasteiger partial charge in [-0.15, -0.1) is 0 Å². The summed E-state index contributed by atoms with van der Waals surface area (Å²) in [6.07, 6.45) is -0.115. The molecule has 0 aliphatic heterocycles. The van der Waals surface area contributed by atoms with Crippen LogP contribution >= 0.6 is 0 Å². The van der Waals surface area contributed by atoms with Crippen molar-refractivity contribution in [1.29, 1.82) is 0 Å². The van der Waals surface area contributed by atoms with E-state index in [4.69, 9.17) is 5.11 Å². The molecule has 0 spiro atoms. The number of carbonyl (C=O) groups is 2. The van der Waals surface area contributed by atoms with Crippen LogP contribution in [0.4, 0.5) is 10.1 Å². The molecule has 0 bridgehead atoms. The van der Waals surface area contributed by atoms with Gasteiger partial charge in [0.2, 0.25) is 5.91 Å². The molecule has 0 atom stereocenters. The maximum Gasteiger partial charge on any atom is 0.309 e. The molecule has 0 aromatic heterocycles. The van der Waals surface area contributed by atoms with Crippen molar-refractivity contribution in [1.82, 2.24) is 0 Å². The third-order valence-corrected chi connectivity index (χ3v) is 2.76. The lowest BCUT2D eigenvalue weighted by atomic mass is 9.89. The minimum absolute atomic E-state index is 0.115. The molecule has 18 heavy (non-hydrogen) atoms. The summed E-state index contributed by atoms with van der Waals surface area (Å²) in [5.41, 5.74) is -0.589. The second kappa shape index (κ2) is 5.16. The molecule has 98 valence electrons. The van der Waals surface area contributed by atoms with Crippen molar-refractivity contribution >= 4 is 17.6 Å². The Bertz CT molecular complexity index is 454. The Morgan fingerprint density at radius 3 is 2.22 bits per heavy atom. The highest BCUT2D eigenvalue weighted by atomic mass is 19.1. The van der Waals surface area contributed by atoms with Crippen molar-refractivity contribution in [3.63, 3.8) is 0 Å². The van der Waals surface area contributed by atoms with Crippen molar-refractivity contribution in [3.8, 4) is 0 Å². The molecular formula is C13H16FNO3. The largest absolute Gasteiger partial charge is 0.481 e. The maximum absolute atomic E-state index is 12.7. The molecule has 0 unspecified atom stereocenters. The minimum Gasteiger partial charge on any atom is -0.481 e. The fourth-order valence-electron chi connectivity index (χ4n) is 1.38. The third kappa shape index (κ3) is 3.29. The number of hydrogen-bond donors (Lipinski definition) is 1. The van der Waals surface area contributed by atoms with Crippen LogP contribution in [0.2, 0.25) is 0 Å². The van der Waals surface area contributed by atoms with E-state index in [1.807, 2.05) is 0 Å². The molecule has 1 aromatic rings. The number of hydrogen-bond acceptors (Lipinski definition) is 2. The Kier molecular flexibility index (Phi) is 4.06. The fraction of sp³-hybridized carbons (Fsp3) is 0.385. The molecule has 0 aliphatic carbocycles. The lowest BCUT2D eigenvalue weighted by molar-refractivity contribution is -0.149. The van der Waals surface area contributed by atoms with Crippen LogP contribution in [0, 0.1) is 11.2 Å². The first-order valence-corrected chi connectivity index (χ1v) is 5.49. The molecule has 4 nitrogen and oxygen atoms in total. The number of aliphatic carboxylic acids is 1. The molecule has 0 heterocycles. The maximum atomic E-state index is 12.7. The molecule has 1 aromatic carbocycles. The van der Waals surface area contributed by atoms with Gasteiger partial charge in [0.1, 0.15) is 5.82 Å². The van der Waals surface area contributed by atoms with Gasteiger partial charge in [0.05, 0.1) is 5.41 Å². The Morgan fingerprint density at radius 2 is 1.78 bits per heavy atom. The topological polar surface area (TPSA) is 57.6 Å². The van der Waals surface area contributed by atoms with Crippen molar-refractivity contribution < 1.29 is 19.1 Å². The Hall–Kier alpha value is -1.91. The number of carbonyl (C=O) groups excluding carboxylic acids is 1. The average Bonchev–Trinajstić information content (AvgIpc) is 2.28. The van der Waals surface area contributed by atoms with E-state index >= 15 is 0 Å². The van der Waals surface area contributed by atoms with E-state index in [1.165, 1.54) is 50.1 Å². The standard InChI is InChI=1S/C13H16FNO3/c1-13(2,12(17)18)8-11(16)15(3)10-6-4-9(14)5-7-10/h4-7H,8H2,1-3H3,(H,17,18). The van der Waals surface area contributed by atoms with Gasteiger partial charge in [0, 0.05) is 19.2 Å². The van der Waals surface area contributed by atoms with Gasteiger partial charge in [0.25, 0.3) is 0 Å². The first kappa shape index (κ1) is 14.2. The van der Waals surface area contributed by atoms with E-state index < -0.39 is 11.4 Å². The number of anilines is 1. The van der Waals surface area contributed by atoms with Crippen LogP contribution in [-0.2, 0) is 9.59 Å². The highest BCUT2D eigenvalue weighted by Crippen LogP contribution is 2.23. The van der Waals surface area contributed by atoms with Crippen LogP contribution in [0.3, 0.4) is 0 Å². The predicted molar refractivity (Wildman–Crippen MR) is 65.8 cm³/mol. The second-order valence-corrected chi connectivity index (χ2v) is 4.79. The summed E-state index contributed by atoms with van der Waals surface area (Å²) in [7, 11) is 1.54. The zero-order valence-electron chi connectivity index (χ0n) is 10.6. The number of carboxylic acids is 1. The van der Waals surface area contributed by atoms with Gasteiger partial charge in [-0.3, -0.25) is 9.59 Å². The smallest absolute Gasteiger partial charge is 0.309 e. The van der Waals surface area contributed by atoms with Crippen LogP contribution in [0.15, 0.2) is 24.3 Å². The van der Waals surface area contributed by atoms with E-state index in [0.717, 1.165) is 0 Å². The molecule has 0 radical (unpaired) electrons. The van der Waals surface area contributed by atoms with Crippen molar-refractivity contribution in [2.45, 2.75) is 20.3 Å². The Labute approximate surface area is 105 Å². The third-order valence-electron chi connectivity index (χ3n) is 2.76. The summed E-state index contributed by atoms with van der Waals surface area (Å²) >= 11 is 0. The van der Waals surface area contributed by atoms with Crippen molar-refractivity contribution in [2.24, 2.45) is 5.41 Å². The molecule has 5 heteroatoms. The summed E-state index contributed by atoms with van der Waals surface area (Å²) in [5.74, 6) is -1.73. The fourth-order valence-corrected chi connectivity index (χ4v) is 1.38. The van der Waals surface area contributed by atoms with Crippen molar-refractivity contribution in [2.75, 3.05) is 11.9 Å². The minimum atomic E-state index is -1.12. The van der Waals surface area contributed by atoms with Crippen LogP contribution in [-0.4, -0.2) is 24.0 Å². The molecule has 1 rings (SSSR count). The van der Waals surface area contributed by atoms with Gasteiger partial charge in [-0.2, -0.15) is 0 Å². The molecular weight excluding hydrogens is 237 g/mol. The van der Waals surface area contributed by atoms with E-state index in [9.17, 15) is 14.0 Å². The van der Waals surface area contributed by atoms with Crippen LogP contribution in [0.5, 0.6) is 0 Å². The molecule has 0 fully saturated rings. The molecule has 0 aliphatic rings. The Morgan fingerprint density at radius 1 is 1.28 bits per heavy atom. The zero-order chi connectivity index (χ0) is 13.9. The second-order valence-electron chi connectivity index (χ2n) is 4.79. The van der Waals surface area contributed by atoms with Gasteiger partial charge >= 0.3 is 5.97 Å². The van der Waals surface area contributed by atoms with E-state index in [1.54, 1.807) is 0 Å². The highest BCUT2D eigenvalue weighted by molar-refractivity contribution is 5.95. The first-order valence-electron chi connectivity index (χ1n) is 5.49. The van der Waals surface area contributed by atoms with E-state index in [0.29, 0.717) is 5.69 Å². The lowest BCUT2D eigenvalue weighted by Gasteiger charge is -2.23. The predicted octanol–water partition coefficient (Wildman–Crippen LogP) is 2.29. The first-order chi connectivity index (χ1) is 8.24. The van der Waals surface area contributed by atoms with E-state index in [2.05, 4.69) is 0 Å². The van der Waals surface area contributed by atoms with Crippen LogP contribution < -0.4 is 4.90 Å². The lowest BCUT2D eigenvalue weighted by Crippen LogP contribution is -2.34. The monoisotopic (exact) mass is 253 g/mol. The molecule has 0 saturated carbocycles. The number of benzene rings is 1. The molecule has 1 amide bonds. The van der Waals surface area contributed by atoms with Gasteiger partial charge in [0.15, 0.2) is 0 Å². The van der Waals surface area contributed by atoms with Crippen LogP contribution in [0.25, 0.3) is 0 Å². The summed E-state index contributed by atoms with van der Waals surface area (Å²) in [4.78, 5) is 24.2. The van der Waals surface area contributed by atoms with Gasteiger partial charge in [-0.05, 0) is 38.1 Å². The summed E-state index contributed by atoms with van der Waals surface area (Å²) in [5, 5.41) is 8.96. The summed E-state index contributed by atoms with van der Waals surface area (Å²) in [6.45, 7) is 2.98. The summed E-state index contributed by atoms with van der Waals surface area (Å²) in [6, 6.07) is 5.45. The number of carboxylic acid groups (broad SMARTS) is 1. The Balaban J connectivity index is 2.79. The number of rotatable bonds is 4. The quantitative estimate of drug-likeness (QED) is 0.895. The number of nitrogens with zero attached hydrogens (tertiary/aromatic N) is 1. The van der Waals surface area contributed by atoms with Gasteiger partial charge in [-0.1, -0.05) is 0 Å². The molecule has 1 N–H and O–H groups in total. The molecule has 0 saturated heterocycles. The summed E-state index contributed by atoms with van der Waals surface area (Å²) < 4.78 is 12.7. The van der Waals surface area contributed by atoms with Crippen LogP contribution in [0.1, 0.15) is 20.3 Å². The average molecular weight is 253 g/mol. The zero-order valence-corrected chi connectivity index (χ0v) is 10.6. The SMILES string of the molecule is CN(C(=O)CC(C)(C)C(=O)O)c1ccc(F)cc1. The van der Waals surface area contributed by atoms with Gasteiger partial charge < -0.3 is 10.0 Å². The number of halogens is 1. The van der Waals surface area contributed by atoms with Crippen molar-refractivity contribution in [3.05, 3.63) is 30.1 Å². The highest BCUT2D eigenvalue weighted by Gasteiger charge is 2.31. The normalized spacial score (nSPS) is 11.1. The van der Waals surface area contributed by atoms with Gasteiger partial charge in [-0.25, -0.2) is 4.39 Å². The number of amides is 1.